The number of aliphatic hydroxyl groups is 1. The zero-order chi connectivity index (χ0) is 7.40. The van der Waals surface area contributed by atoms with E-state index in [1.54, 1.807) is 0 Å². The Balaban J connectivity index is 3.07. The molecule has 1 heterocycles. The molecule has 1 aromatic rings. The number of H-pyrrole nitrogens is 1. The molecule has 10 heavy (non-hydrogen) atoms. The van der Waals surface area contributed by atoms with Gasteiger partial charge in [0.15, 0.2) is 0 Å². The smallest absolute Gasteiger partial charge is 0.251 e. The molecule has 0 bridgehead atoms. The van der Waals surface area contributed by atoms with Crippen LogP contribution in [0, 0.1) is 0 Å². The van der Waals surface area contributed by atoms with Gasteiger partial charge in [-0.3, -0.25) is 4.79 Å². The molecule has 0 unspecified atom stereocenters. The standard InChI is InChI=1S/C6H6N2O2/c9-4-2-5-7-3-1-6(10)8-5/h1-4,9H,(H,7,8,10). The second-order valence-electron chi connectivity index (χ2n) is 1.64. The van der Waals surface area contributed by atoms with Gasteiger partial charge in [0.1, 0.15) is 5.82 Å². The van der Waals surface area contributed by atoms with E-state index in [4.69, 9.17) is 5.11 Å². The van der Waals surface area contributed by atoms with Crippen LogP contribution in [0.25, 0.3) is 6.08 Å². The molecule has 0 radical (unpaired) electrons. The zero-order valence-electron chi connectivity index (χ0n) is 5.11. The van der Waals surface area contributed by atoms with Crippen molar-refractivity contribution < 1.29 is 5.11 Å². The molecule has 0 aliphatic carbocycles. The summed E-state index contributed by atoms with van der Waals surface area (Å²) < 4.78 is 0. The molecular formula is C6H6N2O2. The van der Waals surface area contributed by atoms with Gasteiger partial charge in [-0.2, -0.15) is 0 Å². The molecule has 52 valence electrons. The molecule has 1 aromatic heterocycles. The Kier molecular flexibility index (Phi) is 1.84. The van der Waals surface area contributed by atoms with Gasteiger partial charge in [-0.25, -0.2) is 4.98 Å². The van der Waals surface area contributed by atoms with Gasteiger partial charge in [0.25, 0.3) is 5.56 Å². The van der Waals surface area contributed by atoms with Gasteiger partial charge in [0.2, 0.25) is 0 Å². The Morgan fingerprint density at radius 2 is 2.50 bits per heavy atom. The van der Waals surface area contributed by atoms with Crippen molar-refractivity contribution in [2.75, 3.05) is 0 Å². The summed E-state index contributed by atoms with van der Waals surface area (Å²) in [4.78, 5) is 16.7. The van der Waals surface area contributed by atoms with Crippen molar-refractivity contribution in [3.8, 4) is 0 Å². The molecule has 0 fully saturated rings. The Bertz CT molecular complexity index is 290. The lowest BCUT2D eigenvalue weighted by molar-refractivity contribution is 0.477. The third-order valence-corrected chi connectivity index (χ3v) is 0.923. The first-order chi connectivity index (χ1) is 4.83. The summed E-state index contributed by atoms with van der Waals surface area (Å²) >= 11 is 0. The highest BCUT2D eigenvalue weighted by molar-refractivity contribution is 5.36. The lowest BCUT2D eigenvalue weighted by Crippen LogP contribution is -2.05. The second kappa shape index (κ2) is 2.82. The predicted molar refractivity (Wildman–Crippen MR) is 36.5 cm³/mol. The monoisotopic (exact) mass is 138 g/mol. The number of rotatable bonds is 1. The van der Waals surface area contributed by atoms with Crippen LogP contribution in [0.4, 0.5) is 0 Å². The highest BCUT2D eigenvalue weighted by Crippen LogP contribution is 1.84. The predicted octanol–water partition coefficient (Wildman–Crippen LogP) is 0.299. The summed E-state index contributed by atoms with van der Waals surface area (Å²) in [6.45, 7) is 0. The molecule has 0 saturated heterocycles. The van der Waals surface area contributed by atoms with Crippen LogP contribution in [0.15, 0.2) is 23.3 Å². The molecule has 0 aliphatic heterocycles. The van der Waals surface area contributed by atoms with Crippen molar-refractivity contribution in [3.63, 3.8) is 0 Å². The van der Waals surface area contributed by atoms with Gasteiger partial charge in [-0.1, -0.05) is 0 Å². The first-order valence-electron chi connectivity index (χ1n) is 2.69. The summed E-state index contributed by atoms with van der Waals surface area (Å²) in [5.74, 6) is 0.343. The summed E-state index contributed by atoms with van der Waals surface area (Å²) in [5, 5.41) is 8.27. The fourth-order valence-electron chi connectivity index (χ4n) is 0.541. The van der Waals surface area contributed by atoms with E-state index < -0.39 is 0 Å². The van der Waals surface area contributed by atoms with E-state index >= 15 is 0 Å². The third kappa shape index (κ3) is 1.45. The number of aromatic nitrogens is 2. The van der Waals surface area contributed by atoms with Crippen LogP contribution in [0.3, 0.4) is 0 Å². The molecular weight excluding hydrogens is 132 g/mol. The fourth-order valence-corrected chi connectivity index (χ4v) is 0.541. The minimum absolute atomic E-state index is 0.233. The van der Waals surface area contributed by atoms with Crippen LogP contribution in [-0.2, 0) is 0 Å². The van der Waals surface area contributed by atoms with E-state index in [1.807, 2.05) is 0 Å². The largest absolute Gasteiger partial charge is 0.515 e. The van der Waals surface area contributed by atoms with Crippen LogP contribution in [-0.4, -0.2) is 15.1 Å². The lowest BCUT2D eigenvalue weighted by atomic mass is 10.5. The number of aliphatic hydroxyl groups excluding tert-OH is 1. The molecule has 4 heteroatoms. The lowest BCUT2D eigenvalue weighted by Gasteiger charge is -1.87. The van der Waals surface area contributed by atoms with Gasteiger partial charge in [0.05, 0.1) is 6.26 Å². The minimum Gasteiger partial charge on any atom is -0.515 e. The van der Waals surface area contributed by atoms with Crippen molar-refractivity contribution >= 4 is 6.08 Å². The molecule has 1 rings (SSSR count). The molecule has 0 aromatic carbocycles. The topological polar surface area (TPSA) is 66.0 Å². The van der Waals surface area contributed by atoms with E-state index in [1.165, 1.54) is 18.3 Å². The number of nitrogens with zero attached hydrogens (tertiary/aromatic N) is 1. The van der Waals surface area contributed by atoms with Gasteiger partial charge < -0.3 is 10.1 Å². The van der Waals surface area contributed by atoms with Crippen molar-refractivity contribution in [3.05, 3.63) is 34.7 Å². The van der Waals surface area contributed by atoms with Gasteiger partial charge in [-0.15, -0.1) is 0 Å². The number of hydrogen-bond donors (Lipinski definition) is 2. The highest BCUT2D eigenvalue weighted by atomic mass is 16.2. The maximum absolute atomic E-state index is 10.6. The molecule has 4 nitrogen and oxygen atoms in total. The molecule has 0 atom stereocenters. The molecule has 2 N–H and O–H groups in total. The average molecular weight is 138 g/mol. The van der Waals surface area contributed by atoms with Gasteiger partial charge in [0, 0.05) is 18.3 Å². The van der Waals surface area contributed by atoms with E-state index in [9.17, 15) is 4.79 Å². The summed E-state index contributed by atoms with van der Waals surface area (Å²) in [5.41, 5.74) is -0.233. The normalized spacial score (nSPS) is 10.4. The average Bonchev–Trinajstić information content (AvgIpc) is 1.88. The van der Waals surface area contributed by atoms with Crippen LogP contribution in [0.2, 0.25) is 0 Å². The molecule has 0 spiro atoms. The number of hydrogen-bond acceptors (Lipinski definition) is 3. The third-order valence-electron chi connectivity index (χ3n) is 0.923. The Morgan fingerprint density at radius 1 is 1.70 bits per heavy atom. The van der Waals surface area contributed by atoms with Crippen LogP contribution >= 0.6 is 0 Å². The second-order valence-corrected chi connectivity index (χ2v) is 1.64. The summed E-state index contributed by atoms with van der Waals surface area (Å²) in [6.07, 6.45) is 3.48. The quantitative estimate of drug-likeness (QED) is 0.548. The summed E-state index contributed by atoms with van der Waals surface area (Å²) in [7, 11) is 0. The van der Waals surface area contributed by atoms with Gasteiger partial charge in [-0.05, 0) is 0 Å². The number of nitrogens with one attached hydrogen (secondary N) is 1. The van der Waals surface area contributed by atoms with Gasteiger partial charge >= 0.3 is 0 Å². The van der Waals surface area contributed by atoms with E-state index in [-0.39, 0.29) is 5.56 Å². The maximum Gasteiger partial charge on any atom is 0.251 e. The van der Waals surface area contributed by atoms with E-state index in [2.05, 4.69) is 9.97 Å². The Hall–Kier alpha value is -1.58. The van der Waals surface area contributed by atoms with Crippen LogP contribution < -0.4 is 5.56 Å². The SMILES string of the molecule is O=c1ccnc(C=CO)[nH]1. The van der Waals surface area contributed by atoms with Crippen LogP contribution in [0.5, 0.6) is 0 Å². The molecule has 0 amide bonds. The van der Waals surface area contributed by atoms with Crippen molar-refractivity contribution in [1.82, 2.24) is 9.97 Å². The van der Waals surface area contributed by atoms with Crippen molar-refractivity contribution in [2.24, 2.45) is 0 Å². The maximum atomic E-state index is 10.6. The van der Waals surface area contributed by atoms with Crippen LogP contribution in [0.1, 0.15) is 5.82 Å². The molecule has 0 aliphatic rings. The zero-order valence-corrected chi connectivity index (χ0v) is 5.11. The van der Waals surface area contributed by atoms with Crippen molar-refractivity contribution in [2.45, 2.75) is 0 Å². The fraction of sp³-hybridized carbons (Fsp3) is 0. The highest BCUT2D eigenvalue weighted by Gasteiger charge is 1.85. The molecule has 0 saturated carbocycles. The Morgan fingerprint density at radius 3 is 3.10 bits per heavy atom. The minimum atomic E-state index is -0.233. The Labute approximate surface area is 56.9 Å². The first-order valence-corrected chi connectivity index (χ1v) is 2.69. The number of aromatic amines is 1. The van der Waals surface area contributed by atoms with E-state index in [0.29, 0.717) is 5.82 Å². The van der Waals surface area contributed by atoms with Crippen molar-refractivity contribution in [1.29, 1.82) is 0 Å². The van der Waals surface area contributed by atoms with E-state index in [0.717, 1.165) is 6.26 Å². The summed E-state index contributed by atoms with van der Waals surface area (Å²) in [6, 6.07) is 1.30. The first kappa shape index (κ1) is 6.54.